The van der Waals surface area contributed by atoms with Gasteiger partial charge in [0.1, 0.15) is 0 Å². The second-order valence-electron chi connectivity index (χ2n) is 2.96. The second kappa shape index (κ2) is 6.34. The topological polar surface area (TPSA) is 55.4 Å². The highest BCUT2D eigenvalue weighted by Gasteiger charge is 2.14. The average Bonchev–Trinajstić information content (AvgIpc) is 2.05. The van der Waals surface area contributed by atoms with Gasteiger partial charge < -0.3 is 4.74 Å². The highest BCUT2D eigenvalue weighted by atomic mass is 32.2. The Balaban J connectivity index is 4.08. The van der Waals surface area contributed by atoms with Crippen LogP contribution < -0.4 is 4.72 Å². The molecule has 0 spiro atoms. The zero-order valence-electron chi connectivity index (χ0n) is 8.54. The van der Waals surface area contributed by atoms with Crippen molar-refractivity contribution >= 4 is 10.0 Å². The van der Waals surface area contributed by atoms with Gasteiger partial charge in [-0.15, -0.1) is 0 Å². The minimum Gasteiger partial charge on any atom is -0.383 e. The lowest BCUT2D eigenvalue weighted by molar-refractivity contribution is 0.171. The lowest BCUT2D eigenvalue weighted by Gasteiger charge is -2.16. The predicted octanol–water partition coefficient (Wildman–Crippen LogP) is 0.741. The van der Waals surface area contributed by atoms with E-state index in [4.69, 9.17) is 4.74 Å². The third-order valence-corrected chi connectivity index (χ3v) is 3.18. The van der Waals surface area contributed by atoms with Crippen LogP contribution in [0.5, 0.6) is 0 Å². The summed E-state index contributed by atoms with van der Waals surface area (Å²) in [4.78, 5) is 0. The summed E-state index contributed by atoms with van der Waals surface area (Å²) in [7, 11) is -1.52. The van der Waals surface area contributed by atoms with Crippen LogP contribution in [0.2, 0.25) is 0 Å². The van der Waals surface area contributed by atoms with Crippen molar-refractivity contribution in [1.82, 2.24) is 4.72 Å². The van der Waals surface area contributed by atoms with Crippen LogP contribution >= 0.6 is 0 Å². The van der Waals surface area contributed by atoms with Gasteiger partial charge in [-0.05, 0) is 13.3 Å². The third-order valence-electron chi connectivity index (χ3n) is 1.73. The van der Waals surface area contributed by atoms with E-state index in [-0.39, 0.29) is 11.8 Å². The maximum Gasteiger partial charge on any atom is 0.211 e. The largest absolute Gasteiger partial charge is 0.383 e. The summed E-state index contributed by atoms with van der Waals surface area (Å²) in [6.07, 6.45) is 1.76. The Morgan fingerprint density at radius 2 is 2.00 bits per heavy atom. The van der Waals surface area contributed by atoms with E-state index in [0.717, 1.165) is 12.8 Å². The molecule has 0 heterocycles. The molecule has 0 aromatic carbocycles. The van der Waals surface area contributed by atoms with Crippen LogP contribution in [0, 0.1) is 0 Å². The Hall–Kier alpha value is -0.130. The average molecular weight is 209 g/mol. The SMILES string of the molecule is CCCC(COC)NS(=O)(=O)CC. The van der Waals surface area contributed by atoms with Crippen LogP contribution in [-0.2, 0) is 14.8 Å². The number of sulfonamides is 1. The first-order chi connectivity index (χ1) is 6.05. The van der Waals surface area contributed by atoms with Crippen LogP contribution in [-0.4, -0.2) is 33.9 Å². The minimum absolute atomic E-state index is 0.0834. The number of hydrogen-bond acceptors (Lipinski definition) is 3. The molecule has 0 aromatic heterocycles. The fraction of sp³-hybridized carbons (Fsp3) is 1.00. The number of rotatable bonds is 7. The zero-order valence-corrected chi connectivity index (χ0v) is 9.36. The molecule has 1 unspecified atom stereocenters. The zero-order chi connectivity index (χ0) is 10.3. The summed E-state index contributed by atoms with van der Waals surface area (Å²) in [6.45, 7) is 4.08. The minimum atomic E-state index is -3.09. The maximum atomic E-state index is 11.2. The van der Waals surface area contributed by atoms with Gasteiger partial charge in [0.15, 0.2) is 0 Å². The lowest BCUT2D eigenvalue weighted by atomic mass is 10.2. The van der Waals surface area contributed by atoms with E-state index in [9.17, 15) is 8.42 Å². The van der Waals surface area contributed by atoms with Crippen LogP contribution in [0.1, 0.15) is 26.7 Å². The van der Waals surface area contributed by atoms with Crippen molar-refractivity contribution in [3.05, 3.63) is 0 Å². The molecule has 0 aromatic rings. The van der Waals surface area contributed by atoms with E-state index >= 15 is 0 Å². The normalized spacial score (nSPS) is 14.4. The number of nitrogens with one attached hydrogen (secondary N) is 1. The molecule has 0 fully saturated rings. The molecule has 4 nitrogen and oxygen atoms in total. The molecule has 0 bridgehead atoms. The molecule has 0 aliphatic heterocycles. The monoisotopic (exact) mass is 209 g/mol. The van der Waals surface area contributed by atoms with Gasteiger partial charge in [-0.2, -0.15) is 0 Å². The molecular weight excluding hydrogens is 190 g/mol. The fourth-order valence-corrected chi connectivity index (χ4v) is 1.92. The Bertz CT molecular complexity index is 207. The van der Waals surface area contributed by atoms with E-state index in [1.165, 1.54) is 0 Å². The van der Waals surface area contributed by atoms with Crippen molar-refractivity contribution in [2.24, 2.45) is 0 Å². The van der Waals surface area contributed by atoms with E-state index in [0.29, 0.717) is 6.61 Å². The van der Waals surface area contributed by atoms with Gasteiger partial charge in [0.05, 0.1) is 12.4 Å². The highest BCUT2D eigenvalue weighted by Crippen LogP contribution is 1.99. The van der Waals surface area contributed by atoms with Crippen LogP contribution in [0.15, 0.2) is 0 Å². The van der Waals surface area contributed by atoms with Crippen molar-refractivity contribution < 1.29 is 13.2 Å². The molecule has 0 saturated heterocycles. The van der Waals surface area contributed by atoms with Gasteiger partial charge in [0.2, 0.25) is 10.0 Å². The smallest absolute Gasteiger partial charge is 0.211 e. The lowest BCUT2D eigenvalue weighted by Crippen LogP contribution is -2.38. The van der Waals surface area contributed by atoms with Gasteiger partial charge in [0.25, 0.3) is 0 Å². The van der Waals surface area contributed by atoms with Crippen LogP contribution in [0.3, 0.4) is 0 Å². The third kappa shape index (κ3) is 6.01. The number of methoxy groups -OCH3 is 1. The Kier molecular flexibility index (Phi) is 6.28. The first kappa shape index (κ1) is 12.9. The highest BCUT2D eigenvalue weighted by molar-refractivity contribution is 7.89. The summed E-state index contributed by atoms with van der Waals surface area (Å²) >= 11 is 0. The standard InChI is InChI=1S/C8H19NO3S/c1-4-6-8(7-12-3)9-13(10,11)5-2/h8-9H,4-7H2,1-3H3. The first-order valence-electron chi connectivity index (χ1n) is 4.54. The molecular formula is C8H19NO3S. The first-order valence-corrected chi connectivity index (χ1v) is 6.19. The molecule has 1 atom stereocenters. The molecule has 1 N–H and O–H groups in total. The quantitative estimate of drug-likeness (QED) is 0.673. The van der Waals surface area contributed by atoms with Crippen LogP contribution in [0.4, 0.5) is 0 Å². The Morgan fingerprint density at radius 1 is 1.38 bits per heavy atom. The maximum absolute atomic E-state index is 11.2. The van der Waals surface area contributed by atoms with Gasteiger partial charge in [-0.1, -0.05) is 13.3 Å². The van der Waals surface area contributed by atoms with E-state index in [1.807, 2.05) is 6.92 Å². The molecule has 5 heteroatoms. The summed E-state index contributed by atoms with van der Waals surface area (Å²) < 4.78 is 29.9. The summed E-state index contributed by atoms with van der Waals surface area (Å²) in [5.41, 5.74) is 0. The van der Waals surface area contributed by atoms with Crippen molar-refractivity contribution in [2.75, 3.05) is 19.5 Å². The van der Waals surface area contributed by atoms with Gasteiger partial charge in [-0.3, -0.25) is 0 Å². The van der Waals surface area contributed by atoms with Crippen LogP contribution in [0.25, 0.3) is 0 Å². The summed E-state index contributed by atoms with van der Waals surface area (Å²) in [6, 6.07) is -0.0834. The Morgan fingerprint density at radius 3 is 2.38 bits per heavy atom. The second-order valence-corrected chi connectivity index (χ2v) is 5.00. The molecule has 13 heavy (non-hydrogen) atoms. The molecule has 0 rings (SSSR count). The summed E-state index contributed by atoms with van der Waals surface area (Å²) in [5, 5.41) is 0. The van der Waals surface area contributed by atoms with Crippen molar-refractivity contribution in [2.45, 2.75) is 32.7 Å². The molecule has 0 aliphatic carbocycles. The van der Waals surface area contributed by atoms with E-state index < -0.39 is 10.0 Å². The van der Waals surface area contributed by atoms with Crippen molar-refractivity contribution in [1.29, 1.82) is 0 Å². The molecule has 0 saturated carbocycles. The molecule has 0 amide bonds. The number of hydrogen-bond donors (Lipinski definition) is 1. The Labute approximate surface area is 80.7 Å². The van der Waals surface area contributed by atoms with Crippen molar-refractivity contribution in [3.63, 3.8) is 0 Å². The predicted molar refractivity (Wildman–Crippen MR) is 53.2 cm³/mol. The van der Waals surface area contributed by atoms with E-state index in [1.54, 1.807) is 14.0 Å². The van der Waals surface area contributed by atoms with Gasteiger partial charge in [-0.25, -0.2) is 13.1 Å². The van der Waals surface area contributed by atoms with Gasteiger partial charge in [0, 0.05) is 13.2 Å². The van der Waals surface area contributed by atoms with Gasteiger partial charge >= 0.3 is 0 Å². The van der Waals surface area contributed by atoms with E-state index in [2.05, 4.69) is 4.72 Å². The molecule has 0 aliphatic rings. The van der Waals surface area contributed by atoms with Crippen molar-refractivity contribution in [3.8, 4) is 0 Å². The number of ether oxygens (including phenoxy) is 1. The fourth-order valence-electron chi connectivity index (χ4n) is 1.06. The molecule has 80 valence electrons. The summed E-state index contributed by atoms with van der Waals surface area (Å²) in [5.74, 6) is 0.122. The molecule has 0 radical (unpaired) electrons.